The molecule has 1 amide bonds. The number of benzene rings is 2. The lowest BCUT2D eigenvalue weighted by molar-refractivity contribution is -0.142. The normalized spacial score (nSPS) is 11.8. The van der Waals surface area contributed by atoms with Crippen LogP contribution in [-0.2, 0) is 12.7 Å². The van der Waals surface area contributed by atoms with Gasteiger partial charge in [-0.05, 0) is 70.7 Å². The van der Waals surface area contributed by atoms with Crippen LogP contribution in [0.3, 0.4) is 0 Å². The van der Waals surface area contributed by atoms with Crippen LogP contribution in [0, 0.1) is 13.8 Å². The van der Waals surface area contributed by atoms with Crippen molar-refractivity contribution in [3.8, 4) is 11.3 Å². The highest BCUT2D eigenvalue weighted by molar-refractivity contribution is 9.10. The summed E-state index contributed by atoms with van der Waals surface area (Å²) in [5.41, 5.74) is 2.15. The molecular weight excluding hydrogens is 585 g/mol. The largest absolute Gasteiger partial charge is 0.433 e. The Morgan fingerprint density at radius 1 is 1.03 bits per heavy atom. The fourth-order valence-corrected chi connectivity index (χ4v) is 4.39. The molecule has 0 fully saturated rings. The molecule has 5 aromatic rings. The molecule has 5 rings (SSSR count). The number of anilines is 1. The molecule has 0 radical (unpaired) electrons. The number of nitrogens with one attached hydrogen (secondary N) is 1. The van der Waals surface area contributed by atoms with Crippen LogP contribution in [0.5, 0.6) is 0 Å². The van der Waals surface area contributed by atoms with Gasteiger partial charge in [-0.3, -0.25) is 9.48 Å². The number of alkyl halides is 3. The van der Waals surface area contributed by atoms with Gasteiger partial charge in [-0.2, -0.15) is 23.4 Å². The number of hydrogen-bond acceptors (Lipinski definition) is 4. The lowest BCUT2D eigenvalue weighted by atomic mass is 10.0. The highest BCUT2D eigenvalue weighted by Gasteiger charge is 2.35. The Kier molecular flexibility index (Phi) is 6.74. The third-order valence-corrected chi connectivity index (χ3v) is 6.79. The molecule has 0 saturated carbocycles. The van der Waals surface area contributed by atoms with Crippen LogP contribution in [0.4, 0.5) is 19.0 Å². The molecule has 7 nitrogen and oxygen atoms in total. The lowest BCUT2D eigenvalue weighted by Gasteiger charge is -2.11. The summed E-state index contributed by atoms with van der Waals surface area (Å²) in [5, 5.41) is 11.5. The first-order chi connectivity index (χ1) is 18.0. The number of aryl methyl sites for hydroxylation is 2. The monoisotopic (exact) mass is 602 g/mol. The summed E-state index contributed by atoms with van der Waals surface area (Å²) in [6, 6.07) is 14.7. The molecular formula is C26H19BrClF3N6O. The molecule has 0 spiro atoms. The van der Waals surface area contributed by atoms with E-state index in [1.54, 1.807) is 35.1 Å². The predicted octanol–water partition coefficient (Wildman–Crippen LogP) is 6.94. The van der Waals surface area contributed by atoms with Crippen molar-refractivity contribution < 1.29 is 18.0 Å². The van der Waals surface area contributed by atoms with Crippen LogP contribution in [0.2, 0.25) is 5.02 Å². The Morgan fingerprint density at radius 3 is 2.45 bits per heavy atom. The van der Waals surface area contributed by atoms with Crippen molar-refractivity contribution in [2.75, 3.05) is 5.32 Å². The average Bonchev–Trinajstić information content (AvgIpc) is 3.44. The third kappa shape index (κ3) is 5.30. The van der Waals surface area contributed by atoms with Gasteiger partial charge in [0.1, 0.15) is 0 Å². The summed E-state index contributed by atoms with van der Waals surface area (Å²) in [7, 11) is 0. The smallest absolute Gasteiger partial charge is 0.303 e. The van der Waals surface area contributed by atoms with Crippen LogP contribution < -0.4 is 5.32 Å². The summed E-state index contributed by atoms with van der Waals surface area (Å²) < 4.78 is 44.6. The van der Waals surface area contributed by atoms with E-state index in [0.717, 1.165) is 22.8 Å². The molecule has 0 atom stereocenters. The van der Waals surface area contributed by atoms with Crippen molar-refractivity contribution >= 4 is 44.9 Å². The van der Waals surface area contributed by atoms with Crippen LogP contribution in [0.1, 0.15) is 32.9 Å². The fraction of sp³-hybridized carbons (Fsp3) is 0.154. The van der Waals surface area contributed by atoms with Gasteiger partial charge in [0, 0.05) is 22.8 Å². The summed E-state index contributed by atoms with van der Waals surface area (Å²) in [4.78, 5) is 17.3. The zero-order valence-corrected chi connectivity index (χ0v) is 22.4. The molecule has 3 aromatic heterocycles. The Labute approximate surface area is 228 Å². The average molecular weight is 604 g/mol. The quantitative estimate of drug-likeness (QED) is 0.236. The van der Waals surface area contributed by atoms with E-state index in [1.165, 1.54) is 6.07 Å². The molecule has 0 unspecified atom stereocenters. The summed E-state index contributed by atoms with van der Waals surface area (Å²) >= 11 is 9.28. The molecule has 0 bridgehead atoms. The van der Waals surface area contributed by atoms with E-state index in [-0.39, 0.29) is 22.9 Å². The maximum Gasteiger partial charge on any atom is 0.433 e. The van der Waals surface area contributed by atoms with E-state index < -0.39 is 17.8 Å². The van der Waals surface area contributed by atoms with E-state index in [4.69, 9.17) is 11.6 Å². The van der Waals surface area contributed by atoms with Gasteiger partial charge in [0.15, 0.2) is 22.9 Å². The summed E-state index contributed by atoms with van der Waals surface area (Å²) in [5.74, 6) is -0.533. The molecule has 1 N–H and O–H groups in total. The molecule has 2 aromatic carbocycles. The number of fused-ring (bicyclic) bond motifs is 1. The van der Waals surface area contributed by atoms with Crippen molar-refractivity contribution in [3.05, 3.63) is 98.4 Å². The number of carbonyl (C=O) groups is 1. The van der Waals surface area contributed by atoms with E-state index >= 15 is 0 Å². The Morgan fingerprint density at radius 2 is 1.76 bits per heavy atom. The number of rotatable bonds is 5. The Balaban J connectivity index is 1.45. The van der Waals surface area contributed by atoms with Crippen LogP contribution in [0.15, 0.2) is 65.3 Å². The standard InChI is InChI=1S/C26H19BrClF3N6O/c1-14-3-6-17(9-15(14)2)20-10-22(26(29,30)31)37-23(32-20)11-21(34-37)25(38)33-24-19(27)13-36(35-24)12-16-4-7-18(28)8-5-16/h3-11,13H,12H2,1-2H3,(H,33,35,38). The predicted molar refractivity (Wildman–Crippen MR) is 141 cm³/mol. The van der Waals surface area contributed by atoms with Gasteiger partial charge >= 0.3 is 6.18 Å². The fourth-order valence-electron chi connectivity index (χ4n) is 3.85. The van der Waals surface area contributed by atoms with Crippen molar-refractivity contribution in [1.82, 2.24) is 24.4 Å². The second-order valence-corrected chi connectivity index (χ2v) is 10.0. The van der Waals surface area contributed by atoms with Gasteiger partial charge in [-0.25, -0.2) is 9.50 Å². The van der Waals surface area contributed by atoms with Crippen LogP contribution >= 0.6 is 27.5 Å². The molecule has 12 heteroatoms. The number of nitrogens with zero attached hydrogens (tertiary/aromatic N) is 5. The first kappa shape index (κ1) is 25.9. The molecule has 3 heterocycles. The van der Waals surface area contributed by atoms with Crippen molar-refractivity contribution in [1.29, 1.82) is 0 Å². The van der Waals surface area contributed by atoms with Gasteiger partial charge in [0.05, 0.1) is 16.7 Å². The van der Waals surface area contributed by atoms with E-state index in [0.29, 0.717) is 26.1 Å². The Bertz CT molecular complexity index is 1680. The Hall–Kier alpha value is -3.70. The van der Waals surface area contributed by atoms with Crippen LogP contribution in [-0.4, -0.2) is 30.3 Å². The molecule has 194 valence electrons. The van der Waals surface area contributed by atoms with Gasteiger partial charge in [0.2, 0.25) is 0 Å². The second-order valence-electron chi connectivity index (χ2n) is 8.73. The number of carbonyl (C=O) groups excluding carboxylic acids is 1. The molecule has 0 aliphatic heterocycles. The number of amides is 1. The van der Waals surface area contributed by atoms with Crippen LogP contribution in [0.25, 0.3) is 16.9 Å². The first-order valence-electron chi connectivity index (χ1n) is 11.3. The van der Waals surface area contributed by atoms with Gasteiger partial charge in [-0.15, -0.1) is 0 Å². The third-order valence-electron chi connectivity index (χ3n) is 5.96. The van der Waals surface area contributed by atoms with Crippen molar-refractivity contribution in [2.45, 2.75) is 26.6 Å². The van der Waals surface area contributed by atoms with Gasteiger partial charge in [-0.1, -0.05) is 35.9 Å². The SMILES string of the molecule is Cc1ccc(-c2cc(C(F)(F)F)n3nc(C(=O)Nc4nn(Cc5ccc(Cl)cc5)cc4Br)cc3n2)cc1C. The minimum Gasteiger partial charge on any atom is -0.303 e. The molecule has 0 aliphatic rings. The lowest BCUT2D eigenvalue weighted by Crippen LogP contribution is -2.16. The number of aromatic nitrogens is 5. The van der Waals surface area contributed by atoms with Gasteiger partial charge in [0.25, 0.3) is 5.91 Å². The highest BCUT2D eigenvalue weighted by Crippen LogP contribution is 2.33. The molecule has 0 aliphatic carbocycles. The molecule has 38 heavy (non-hydrogen) atoms. The van der Waals surface area contributed by atoms with Crippen molar-refractivity contribution in [2.24, 2.45) is 0 Å². The maximum atomic E-state index is 14.0. The highest BCUT2D eigenvalue weighted by atomic mass is 79.9. The second kappa shape index (κ2) is 9.88. The number of halogens is 5. The summed E-state index contributed by atoms with van der Waals surface area (Å²) in [6.45, 7) is 4.20. The molecule has 0 saturated heterocycles. The topological polar surface area (TPSA) is 77.1 Å². The number of hydrogen-bond donors (Lipinski definition) is 1. The van der Waals surface area contributed by atoms with E-state index in [9.17, 15) is 18.0 Å². The minimum atomic E-state index is -4.72. The van der Waals surface area contributed by atoms with Crippen molar-refractivity contribution in [3.63, 3.8) is 0 Å². The first-order valence-corrected chi connectivity index (χ1v) is 12.5. The van der Waals surface area contributed by atoms with Gasteiger partial charge < -0.3 is 5.32 Å². The maximum absolute atomic E-state index is 14.0. The van der Waals surface area contributed by atoms with E-state index in [2.05, 4.69) is 36.4 Å². The summed E-state index contributed by atoms with van der Waals surface area (Å²) in [6.07, 6.45) is -3.05. The zero-order valence-electron chi connectivity index (χ0n) is 20.0. The zero-order chi connectivity index (χ0) is 27.2. The minimum absolute atomic E-state index is 0.106. The van der Waals surface area contributed by atoms with E-state index in [1.807, 2.05) is 32.0 Å².